The quantitative estimate of drug-likeness (QED) is 0.351. The number of fused-ring (bicyclic) bond motifs is 1. The number of rotatable bonds is 6. The Balaban J connectivity index is 1.35. The molecule has 33 heavy (non-hydrogen) atoms. The van der Waals surface area contributed by atoms with Gasteiger partial charge in [-0.15, -0.1) is 11.3 Å². The van der Waals surface area contributed by atoms with E-state index in [4.69, 9.17) is 9.72 Å². The summed E-state index contributed by atoms with van der Waals surface area (Å²) in [6, 6.07) is 12.9. The van der Waals surface area contributed by atoms with Crippen LogP contribution in [-0.4, -0.2) is 35.0 Å². The van der Waals surface area contributed by atoms with Gasteiger partial charge in [0, 0.05) is 43.8 Å². The summed E-state index contributed by atoms with van der Waals surface area (Å²) < 4.78 is 21.2. The summed E-state index contributed by atoms with van der Waals surface area (Å²) in [7, 11) is 1.75. The van der Waals surface area contributed by atoms with Gasteiger partial charge in [0.2, 0.25) is 0 Å². The van der Waals surface area contributed by atoms with Gasteiger partial charge in [0.1, 0.15) is 5.75 Å². The van der Waals surface area contributed by atoms with Crippen LogP contribution in [0.15, 0.2) is 54.9 Å². The van der Waals surface area contributed by atoms with E-state index in [2.05, 4.69) is 34.3 Å². The highest BCUT2D eigenvalue weighted by Crippen LogP contribution is 2.39. The minimum absolute atomic E-state index is 0.186. The van der Waals surface area contributed by atoms with Crippen LogP contribution in [0.1, 0.15) is 25.3 Å². The van der Waals surface area contributed by atoms with Crippen LogP contribution in [0.4, 0.5) is 10.1 Å². The van der Waals surface area contributed by atoms with Gasteiger partial charge in [0.25, 0.3) is 0 Å². The summed E-state index contributed by atoms with van der Waals surface area (Å²) in [5.74, 6) is 1.19. The molecule has 1 fully saturated rings. The molecule has 0 spiro atoms. The van der Waals surface area contributed by atoms with Crippen molar-refractivity contribution in [2.75, 3.05) is 25.5 Å². The minimum atomic E-state index is -0.413. The number of thiophene rings is 1. The summed E-state index contributed by atoms with van der Waals surface area (Å²) in [5.41, 5.74) is 3.65. The highest BCUT2D eigenvalue weighted by molar-refractivity contribution is 7.22. The van der Waals surface area contributed by atoms with Crippen LogP contribution in [0.25, 0.3) is 20.8 Å². The lowest BCUT2D eigenvalue weighted by atomic mass is 9.99. The second-order valence-electron chi connectivity index (χ2n) is 8.64. The third-order valence-electron chi connectivity index (χ3n) is 6.18. The van der Waals surface area contributed by atoms with Gasteiger partial charge in [-0.2, -0.15) is 0 Å². The molecule has 1 N–H and O–H groups in total. The molecule has 5 nitrogen and oxygen atoms in total. The number of anilines is 1. The van der Waals surface area contributed by atoms with Gasteiger partial charge >= 0.3 is 0 Å². The molecular weight excluding hydrogens is 435 g/mol. The number of likely N-dealkylation sites (tertiary alicyclic amines) is 1. The Hall–Kier alpha value is -3.03. The Morgan fingerprint density at radius 1 is 1.09 bits per heavy atom. The number of benzene rings is 1. The third-order valence-corrected chi connectivity index (χ3v) is 7.34. The first-order valence-corrected chi connectivity index (χ1v) is 12.1. The van der Waals surface area contributed by atoms with Crippen LogP contribution in [0.2, 0.25) is 0 Å². The first kappa shape index (κ1) is 21.8. The minimum Gasteiger partial charge on any atom is -0.453 e. The number of ether oxygens (including phenoxy) is 1. The SMILES string of the molecule is CNc1ccc(Oc2ccnc3cc(-c4ccc(CN5CCC(C)CC5)cn4)sc23)c(F)c1. The molecule has 1 saturated heterocycles. The zero-order chi connectivity index (χ0) is 22.8. The summed E-state index contributed by atoms with van der Waals surface area (Å²) in [6.07, 6.45) is 6.20. The van der Waals surface area contributed by atoms with Gasteiger partial charge in [0.15, 0.2) is 11.6 Å². The first-order valence-electron chi connectivity index (χ1n) is 11.3. The lowest BCUT2D eigenvalue weighted by Gasteiger charge is -2.30. The molecule has 0 saturated carbocycles. The van der Waals surface area contributed by atoms with Crippen molar-refractivity contribution in [1.29, 1.82) is 0 Å². The monoisotopic (exact) mass is 462 g/mol. The lowest BCUT2D eigenvalue weighted by Crippen LogP contribution is -2.32. The van der Waals surface area contributed by atoms with Crippen LogP contribution in [0, 0.1) is 11.7 Å². The van der Waals surface area contributed by atoms with Crippen LogP contribution in [0.5, 0.6) is 11.5 Å². The summed E-state index contributed by atoms with van der Waals surface area (Å²) in [4.78, 5) is 12.7. The largest absolute Gasteiger partial charge is 0.453 e. The van der Waals surface area contributed by atoms with E-state index in [1.165, 1.54) is 24.5 Å². The van der Waals surface area contributed by atoms with E-state index in [9.17, 15) is 4.39 Å². The van der Waals surface area contributed by atoms with Crippen molar-refractivity contribution < 1.29 is 9.13 Å². The Bertz CT molecular complexity index is 1250. The number of halogens is 1. The average molecular weight is 463 g/mol. The highest BCUT2D eigenvalue weighted by atomic mass is 32.1. The second-order valence-corrected chi connectivity index (χ2v) is 9.69. The van der Waals surface area contributed by atoms with Crippen LogP contribution in [0.3, 0.4) is 0 Å². The van der Waals surface area contributed by atoms with E-state index in [0.717, 1.165) is 46.3 Å². The standard InChI is InChI=1S/C26H27FN4OS/c1-17-8-11-31(12-9-17)16-18-3-5-21(30-15-18)25-14-22-26(33-25)24(7-10-29-22)32-23-6-4-19(28-2)13-20(23)27/h3-7,10,13-15,17,28H,8-9,11-12,16H2,1-2H3. The van der Waals surface area contributed by atoms with E-state index >= 15 is 0 Å². The molecule has 1 aliphatic rings. The van der Waals surface area contributed by atoms with Crippen LogP contribution in [-0.2, 0) is 6.54 Å². The zero-order valence-electron chi connectivity index (χ0n) is 18.8. The molecule has 7 heteroatoms. The summed E-state index contributed by atoms with van der Waals surface area (Å²) >= 11 is 1.56. The molecule has 4 aromatic rings. The van der Waals surface area contributed by atoms with Crippen LogP contribution >= 0.6 is 11.3 Å². The molecule has 0 amide bonds. The van der Waals surface area contributed by atoms with Gasteiger partial charge in [-0.25, -0.2) is 4.39 Å². The Labute approximate surface area is 197 Å². The molecule has 0 atom stereocenters. The Morgan fingerprint density at radius 3 is 2.67 bits per heavy atom. The van der Waals surface area contributed by atoms with Gasteiger partial charge in [-0.3, -0.25) is 14.9 Å². The zero-order valence-corrected chi connectivity index (χ0v) is 19.7. The number of piperidine rings is 1. The van der Waals surface area contributed by atoms with Gasteiger partial charge in [-0.1, -0.05) is 13.0 Å². The molecule has 4 heterocycles. The van der Waals surface area contributed by atoms with E-state index in [0.29, 0.717) is 11.4 Å². The molecule has 0 bridgehead atoms. The van der Waals surface area contributed by atoms with Crippen LogP contribution < -0.4 is 10.1 Å². The van der Waals surface area contributed by atoms with E-state index in [1.807, 2.05) is 12.3 Å². The molecule has 1 aromatic carbocycles. The predicted molar refractivity (Wildman–Crippen MR) is 133 cm³/mol. The third kappa shape index (κ3) is 4.84. The molecule has 1 aliphatic heterocycles. The Morgan fingerprint density at radius 2 is 1.94 bits per heavy atom. The van der Waals surface area contributed by atoms with E-state index in [-0.39, 0.29) is 5.75 Å². The van der Waals surface area contributed by atoms with Crippen molar-refractivity contribution in [2.24, 2.45) is 5.92 Å². The smallest absolute Gasteiger partial charge is 0.167 e. The maximum Gasteiger partial charge on any atom is 0.167 e. The van der Waals surface area contributed by atoms with Gasteiger partial charge in [0.05, 0.1) is 20.8 Å². The molecule has 0 unspecified atom stereocenters. The first-order chi connectivity index (χ1) is 16.1. The van der Waals surface area contributed by atoms with Crippen molar-refractivity contribution in [3.63, 3.8) is 0 Å². The Kier molecular flexibility index (Phi) is 6.24. The maximum atomic E-state index is 14.4. The molecule has 3 aromatic heterocycles. The lowest BCUT2D eigenvalue weighted by molar-refractivity contribution is 0.185. The fraction of sp³-hybridized carbons (Fsp3) is 0.308. The predicted octanol–water partition coefficient (Wildman–Crippen LogP) is 6.56. The van der Waals surface area contributed by atoms with Crippen molar-refractivity contribution >= 4 is 27.2 Å². The number of aromatic nitrogens is 2. The maximum absolute atomic E-state index is 14.4. The number of hydrogen-bond donors (Lipinski definition) is 1. The molecular formula is C26H27FN4OS. The number of nitrogens with zero attached hydrogens (tertiary/aromatic N) is 3. The molecule has 170 valence electrons. The van der Waals surface area contributed by atoms with Crippen molar-refractivity contribution in [3.05, 3.63) is 66.2 Å². The number of pyridine rings is 2. The van der Waals surface area contributed by atoms with E-state index < -0.39 is 5.82 Å². The van der Waals surface area contributed by atoms with Gasteiger partial charge in [-0.05, 0) is 61.7 Å². The van der Waals surface area contributed by atoms with Crippen molar-refractivity contribution in [3.8, 4) is 22.1 Å². The molecule has 0 radical (unpaired) electrons. The van der Waals surface area contributed by atoms with Crippen molar-refractivity contribution in [2.45, 2.75) is 26.3 Å². The molecule has 0 aliphatic carbocycles. The fourth-order valence-electron chi connectivity index (χ4n) is 4.12. The fourth-order valence-corrected chi connectivity index (χ4v) is 5.16. The highest BCUT2D eigenvalue weighted by Gasteiger charge is 2.17. The summed E-state index contributed by atoms with van der Waals surface area (Å²) in [5, 5.41) is 2.93. The summed E-state index contributed by atoms with van der Waals surface area (Å²) in [6.45, 7) is 5.60. The number of nitrogens with one attached hydrogen (secondary N) is 1. The van der Waals surface area contributed by atoms with E-state index in [1.54, 1.807) is 42.8 Å². The topological polar surface area (TPSA) is 50.3 Å². The number of hydrogen-bond acceptors (Lipinski definition) is 6. The van der Waals surface area contributed by atoms with Gasteiger partial charge < -0.3 is 10.1 Å². The van der Waals surface area contributed by atoms with Crippen molar-refractivity contribution in [1.82, 2.24) is 14.9 Å². The average Bonchev–Trinajstić information content (AvgIpc) is 3.28. The second kappa shape index (κ2) is 9.45. The molecule has 5 rings (SSSR count). The normalized spacial score (nSPS) is 15.1.